The zero-order valence-electron chi connectivity index (χ0n) is 60.6. The number of benzene rings is 8. The zero-order valence-corrected chi connectivity index (χ0v) is 47.6. The van der Waals surface area contributed by atoms with Crippen LogP contribution < -0.4 is 9.80 Å². The lowest BCUT2D eigenvalue weighted by Gasteiger charge is -2.44. The van der Waals surface area contributed by atoms with E-state index >= 15 is 0 Å². The normalized spacial score (nSPS) is 18.3. The van der Waals surface area contributed by atoms with E-state index in [0.29, 0.717) is 16.8 Å². The van der Waals surface area contributed by atoms with E-state index in [2.05, 4.69) is 118 Å². The van der Waals surface area contributed by atoms with Gasteiger partial charge in [-0.05, 0) is 178 Å². The molecule has 0 aromatic heterocycles. The summed E-state index contributed by atoms with van der Waals surface area (Å²) in [5, 5.41) is 0. The van der Waals surface area contributed by atoms with Crippen LogP contribution in [0.2, 0.25) is 0 Å². The summed E-state index contributed by atoms with van der Waals surface area (Å²) < 4.78 is 114. The van der Waals surface area contributed by atoms with Crippen molar-refractivity contribution in [1.82, 2.24) is 0 Å². The van der Waals surface area contributed by atoms with Gasteiger partial charge in [0, 0.05) is 62.5 Å². The third-order valence-electron chi connectivity index (χ3n) is 15.6. The van der Waals surface area contributed by atoms with Crippen molar-refractivity contribution in [3.05, 3.63) is 214 Å². The van der Waals surface area contributed by atoms with Gasteiger partial charge in [0.05, 0.1) is 0 Å². The number of rotatable bonds is 10. The molecule has 1 atom stereocenters. The number of hydrogen-bond acceptors (Lipinski definition) is 2. The van der Waals surface area contributed by atoms with Gasteiger partial charge < -0.3 is 9.80 Å². The molecule has 2 nitrogen and oxygen atoms in total. The minimum absolute atomic E-state index is 0.136. The molecule has 2 aliphatic rings. The molecule has 392 valence electrons. The summed E-state index contributed by atoms with van der Waals surface area (Å²) in [6, 6.07) is 55.5. The van der Waals surface area contributed by atoms with Gasteiger partial charge in [0.2, 0.25) is 0 Å². The van der Waals surface area contributed by atoms with Gasteiger partial charge in [-0.3, -0.25) is 0 Å². The summed E-state index contributed by atoms with van der Waals surface area (Å²) in [6.45, 7) is 20.9. The Morgan fingerprint density at radius 3 is 1.09 bits per heavy atom. The first-order chi connectivity index (χ1) is 40.8. The smallest absolute Gasteiger partial charge is 0.0498 e. The lowest BCUT2D eigenvalue weighted by molar-refractivity contribution is 0.547. The minimum atomic E-state index is -3.30. The van der Waals surface area contributed by atoms with E-state index in [9.17, 15) is 5.48 Å². The second kappa shape index (κ2) is 20.4. The van der Waals surface area contributed by atoms with E-state index in [1.54, 1.807) is 23.1 Å². The quantitative estimate of drug-likeness (QED) is 0.135. The van der Waals surface area contributed by atoms with Crippen molar-refractivity contribution in [3.8, 4) is 44.5 Å². The molecule has 0 saturated carbocycles. The maximum Gasteiger partial charge on any atom is 0.0498 e. The summed E-state index contributed by atoms with van der Waals surface area (Å²) in [4.78, 5) is 4.21. The second-order valence-corrected chi connectivity index (χ2v) is 24.3. The maximum atomic E-state index is 9.46. The monoisotopic (exact) mass is 1020 g/mol. The molecule has 2 heteroatoms. The molecule has 0 N–H and O–H groups in total. The first kappa shape index (κ1) is 39.7. The Morgan fingerprint density at radius 1 is 0.368 bits per heavy atom. The predicted molar refractivity (Wildman–Crippen MR) is 332 cm³/mol. The van der Waals surface area contributed by atoms with Gasteiger partial charge in [0.15, 0.2) is 0 Å². The van der Waals surface area contributed by atoms with Crippen LogP contribution in [0.3, 0.4) is 0 Å². The maximum absolute atomic E-state index is 9.46. The van der Waals surface area contributed by atoms with Crippen molar-refractivity contribution >= 4 is 22.7 Å². The third-order valence-corrected chi connectivity index (χ3v) is 15.6. The standard InChI is InChI=1S/2C37H43N/c2*1-24(2)28-20-21-30-29-17-13-14-18-32(29)37(8,9)34(30)35(28)38(36(5,6)7)33-22-19-27(23-31(33)25(3)4)26-15-11-10-12-16-26/h2*10-25H,1-9H3/i1D3,3D3,4D3,24D,25D;24D,25D. The fourth-order valence-corrected chi connectivity index (χ4v) is 12.2. The highest BCUT2D eigenvalue weighted by Crippen LogP contribution is 2.58. The van der Waals surface area contributed by atoms with Crippen molar-refractivity contribution in [3.63, 3.8) is 0 Å². The molecule has 2 aliphatic carbocycles. The lowest BCUT2D eigenvalue weighted by Crippen LogP contribution is -2.40. The SMILES string of the molecule is [2H]C(C)(C)c1cc(-c2ccccc2)ccc1N(c1c(C([2H])(C)C)ccc2c1C(C)(C)c1ccccc1-2)C(C)(C)C.[2H]C([2H])([2H])C([2H])(C)c1ccc2c(c1N(c1ccc(-c3ccccc3)cc1C([2H])(C([2H])([2H])[2H])C([2H])([2H])[2H])C(C)(C)C)C(C)(C)c1ccccc1-2. The Bertz CT molecular complexity index is 3940. The van der Waals surface area contributed by atoms with Gasteiger partial charge in [-0.1, -0.05) is 228 Å². The van der Waals surface area contributed by atoms with Crippen LogP contribution in [0, 0.1) is 0 Å². The first-order valence-electron chi connectivity index (χ1n) is 33.4. The summed E-state index contributed by atoms with van der Waals surface area (Å²) >= 11 is 0. The van der Waals surface area contributed by atoms with E-state index in [4.69, 9.17) is 12.3 Å². The minimum Gasteiger partial charge on any atom is -0.335 e. The van der Waals surface area contributed by atoms with Crippen LogP contribution >= 0.6 is 0 Å². The van der Waals surface area contributed by atoms with Crippen LogP contribution in [-0.4, -0.2) is 11.1 Å². The summed E-state index contributed by atoms with van der Waals surface area (Å²) in [7, 11) is 0. The molecule has 0 heterocycles. The van der Waals surface area contributed by atoms with Crippen LogP contribution in [0.4, 0.5) is 22.7 Å². The topological polar surface area (TPSA) is 6.48 Å². The second-order valence-electron chi connectivity index (χ2n) is 24.3. The molecule has 10 rings (SSSR count). The number of nitrogens with zero attached hydrogens (tertiary/aromatic N) is 2. The van der Waals surface area contributed by atoms with E-state index in [1.807, 2.05) is 129 Å². The number of hydrogen-bond donors (Lipinski definition) is 0. The van der Waals surface area contributed by atoms with Crippen LogP contribution in [0.1, 0.15) is 210 Å². The third kappa shape index (κ3) is 9.65. The highest BCUT2D eigenvalue weighted by molar-refractivity contribution is 5.92. The Kier molecular flexibility index (Phi) is 10.6. The summed E-state index contributed by atoms with van der Waals surface area (Å²) in [5.74, 6) is -6.88. The highest BCUT2D eigenvalue weighted by atomic mass is 15.2. The van der Waals surface area contributed by atoms with Crippen LogP contribution in [0.5, 0.6) is 0 Å². The Hall–Kier alpha value is -6.64. The molecule has 0 aliphatic heterocycles. The zero-order chi connectivity index (χ0) is 66.0. The molecule has 0 fully saturated rings. The fourth-order valence-electron chi connectivity index (χ4n) is 12.2. The average Bonchev–Trinajstić information content (AvgIpc) is 1.61. The summed E-state index contributed by atoms with van der Waals surface area (Å²) in [6.07, 6.45) is 0. The molecular weight excluding hydrogens is 917 g/mol. The molecular formula is C74H86N2. The van der Waals surface area contributed by atoms with Gasteiger partial charge in [-0.25, -0.2) is 0 Å². The Labute approximate surface area is 477 Å². The Balaban J connectivity index is 0.000000216. The molecule has 8 aromatic carbocycles. The molecule has 0 bridgehead atoms. The van der Waals surface area contributed by atoms with Gasteiger partial charge in [-0.2, -0.15) is 0 Å². The van der Waals surface area contributed by atoms with Gasteiger partial charge in [0.1, 0.15) is 0 Å². The molecule has 0 amide bonds. The van der Waals surface area contributed by atoms with Crippen LogP contribution in [0.15, 0.2) is 170 Å². The van der Waals surface area contributed by atoms with Crippen molar-refractivity contribution in [2.45, 2.75) is 170 Å². The molecule has 0 saturated heterocycles. The van der Waals surface area contributed by atoms with Gasteiger partial charge >= 0.3 is 0 Å². The number of anilines is 4. The van der Waals surface area contributed by atoms with Crippen molar-refractivity contribution in [1.29, 1.82) is 0 Å². The molecule has 76 heavy (non-hydrogen) atoms. The van der Waals surface area contributed by atoms with Crippen LogP contribution in [0.25, 0.3) is 44.5 Å². The van der Waals surface area contributed by atoms with Crippen molar-refractivity contribution in [2.24, 2.45) is 0 Å². The van der Waals surface area contributed by atoms with Gasteiger partial charge in [0.25, 0.3) is 0 Å². The van der Waals surface area contributed by atoms with Crippen molar-refractivity contribution < 1.29 is 17.8 Å². The summed E-state index contributed by atoms with van der Waals surface area (Å²) in [5.41, 5.74) is 14.4. The van der Waals surface area contributed by atoms with Crippen LogP contribution in [-0.2, 0) is 10.8 Å². The highest BCUT2D eigenvalue weighted by Gasteiger charge is 2.44. The fraction of sp³-hybridized carbons (Fsp3) is 0.351. The van der Waals surface area contributed by atoms with E-state index in [0.717, 1.165) is 55.9 Å². The predicted octanol–water partition coefficient (Wildman–Crippen LogP) is 21.7. The van der Waals surface area contributed by atoms with Crippen molar-refractivity contribution in [2.75, 3.05) is 9.80 Å². The molecule has 0 radical (unpaired) electrons. The van der Waals surface area contributed by atoms with E-state index in [-0.39, 0.29) is 27.8 Å². The number of fused-ring (bicyclic) bond motifs is 6. The largest absolute Gasteiger partial charge is 0.335 e. The van der Waals surface area contributed by atoms with Gasteiger partial charge in [-0.15, -0.1) is 0 Å². The Morgan fingerprint density at radius 2 is 0.724 bits per heavy atom. The first-order valence-corrected chi connectivity index (χ1v) is 26.9. The molecule has 1 unspecified atom stereocenters. The lowest BCUT2D eigenvalue weighted by atomic mass is 9.78. The van der Waals surface area contributed by atoms with E-state index < -0.39 is 55.1 Å². The average molecular weight is 1020 g/mol. The molecule has 8 aromatic rings. The van der Waals surface area contributed by atoms with E-state index in [1.165, 1.54) is 35.2 Å². The molecule has 0 spiro atoms.